The molecule has 5 heteroatoms. The van der Waals surface area contributed by atoms with Gasteiger partial charge in [0.2, 0.25) is 0 Å². The van der Waals surface area contributed by atoms with E-state index in [-0.39, 0.29) is 18.8 Å². The third-order valence-corrected chi connectivity index (χ3v) is 2.66. The molecule has 1 rings (SSSR count). The van der Waals surface area contributed by atoms with Crippen molar-refractivity contribution >= 4 is 17.7 Å². The van der Waals surface area contributed by atoms with Gasteiger partial charge in [0.15, 0.2) is 12.4 Å². The second-order valence-corrected chi connectivity index (χ2v) is 3.97. The van der Waals surface area contributed by atoms with Crippen LogP contribution in [-0.4, -0.2) is 29.4 Å². The highest BCUT2D eigenvalue weighted by atomic mass is 16.5. The largest absolute Gasteiger partial charge is 0.481 e. The predicted octanol–water partition coefficient (Wildman–Crippen LogP) is 1.15. The molecule has 90 valence electrons. The highest BCUT2D eigenvalue weighted by molar-refractivity contribution is 6.04. The van der Waals surface area contributed by atoms with Crippen LogP contribution in [0.15, 0.2) is 0 Å². The molecule has 1 saturated heterocycles. The maximum Gasteiger partial charge on any atom is 0.317 e. The summed E-state index contributed by atoms with van der Waals surface area (Å²) < 4.78 is 4.62. The first-order chi connectivity index (χ1) is 7.61. The molecule has 1 aliphatic heterocycles. The summed E-state index contributed by atoms with van der Waals surface area (Å²) in [4.78, 5) is 32.5. The number of hydrogen-bond donors (Lipinski definition) is 1. The van der Waals surface area contributed by atoms with Crippen molar-refractivity contribution in [3.8, 4) is 0 Å². The van der Waals surface area contributed by atoms with E-state index in [4.69, 9.17) is 5.11 Å². The van der Waals surface area contributed by atoms with Crippen LogP contribution in [0.4, 0.5) is 0 Å². The fraction of sp³-hybridized carbons (Fsp3) is 0.727. The zero-order valence-electron chi connectivity index (χ0n) is 9.11. The first-order valence-corrected chi connectivity index (χ1v) is 5.52. The Balaban J connectivity index is 2.05. The molecule has 5 nitrogen and oxygen atoms in total. The summed E-state index contributed by atoms with van der Waals surface area (Å²) in [5.74, 6) is -1.89. The van der Waals surface area contributed by atoms with Gasteiger partial charge in [0, 0.05) is 6.42 Å². The lowest BCUT2D eigenvalue weighted by Gasteiger charge is -2.03. The lowest BCUT2D eigenvalue weighted by molar-refractivity contribution is -0.141. The molecular weight excluding hydrogens is 212 g/mol. The number of cyclic esters (lactones) is 1. The van der Waals surface area contributed by atoms with Crippen LogP contribution in [0.25, 0.3) is 0 Å². The maximum atomic E-state index is 11.2. The zero-order valence-corrected chi connectivity index (χ0v) is 9.11. The number of carboxylic acid groups (broad SMARTS) is 1. The van der Waals surface area contributed by atoms with Gasteiger partial charge in [-0.05, 0) is 12.8 Å². The van der Waals surface area contributed by atoms with E-state index in [0.717, 1.165) is 19.3 Å². The number of Topliss-reactive ketones (excluding diaryl/α,β-unsaturated/α-hetero) is 1. The van der Waals surface area contributed by atoms with E-state index in [2.05, 4.69) is 4.74 Å². The molecular formula is C11H16O5. The second-order valence-electron chi connectivity index (χ2n) is 3.97. The number of unbranched alkanes of at least 4 members (excludes halogenated alkanes) is 3. The smallest absolute Gasteiger partial charge is 0.317 e. The fourth-order valence-corrected chi connectivity index (χ4v) is 1.73. The Hall–Kier alpha value is -1.39. The van der Waals surface area contributed by atoms with Crippen LogP contribution in [0.3, 0.4) is 0 Å². The summed E-state index contributed by atoms with van der Waals surface area (Å²) in [6.45, 7) is -0.0808. The number of carboxylic acids is 1. The van der Waals surface area contributed by atoms with Gasteiger partial charge in [0.25, 0.3) is 0 Å². The van der Waals surface area contributed by atoms with Gasteiger partial charge < -0.3 is 9.84 Å². The number of ketones is 1. The minimum atomic E-state index is -0.783. The average Bonchev–Trinajstić information content (AvgIpc) is 2.53. The van der Waals surface area contributed by atoms with Crippen molar-refractivity contribution in [2.75, 3.05) is 6.61 Å². The van der Waals surface area contributed by atoms with E-state index in [1.165, 1.54) is 0 Å². The van der Waals surface area contributed by atoms with Crippen LogP contribution in [0.5, 0.6) is 0 Å². The SMILES string of the molecule is O=C(O)CCCCCCC1C(=O)COC1=O. The number of esters is 1. The monoisotopic (exact) mass is 228 g/mol. The minimum Gasteiger partial charge on any atom is -0.481 e. The minimum absolute atomic E-state index is 0.0808. The molecule has 1 aliphatic rings. The molecule has 0 saturated carbocycles. The molecule has 16 heavy (non-hydrogen) atoms. The fourth-order valence-electron chi connectivity index (χ4n) is 1.73. The summed E-state index contributed by atoms with van der Waals surface area (Å²) in [6.07, 6.45) is 3.81. The van der Waals surface area contributed by atoms with Crippen molar-refractivity contribution in [3.63, 3.8) is 0 Å². The van der Waals surface area contributed by atoms with E-state index in [9.17, 15) is 14.4 Å². The zero-order chi connectivity index (χ0) is 12.0. The third kappa shape index (κ3) is 4.00. The first-order valence-electron chi connectivity index (χ1n) is 5.52. The molecule has 1 fully saturated rings. The Morgan fingerprint density at radius 1 is 1.25 bits per heavy atom. The van der Waals surface area contributed by atoms with Gasteiger partial charge in [0.1, 0.15) is 5.92 Å². The van der Waals surface area contributed by atoms with Gasteiger partial charge in [-0.2, -0.15) is 0 Å². The normalized spacial score (nSPS) is 19.9. The Bertz CT molecular complexity index is 268. The Morgan fingerprint density at radius 2 is 1.94 bits per heavy atom. The van der Waals surface area contributed by atoms with Crippen LogP contribution in [0.2, 0.25) is 0 Å². The Morgan fingerprint density at radius 3 is 2.50 bits per heavy atom. The van der Waals surface area contributed by atoms with Crippen molar-refractivity contribution in [1.82, 2.24) is 0 Å². The number of carbonyl (C=O) groups excluding carboxylic acids is 2. The molecule has 0 aromatic rings. The maximum absolute atomic E-state index is 11.2. The number of carbonyl (C=O) groups is 3. The molecule has 0 aromatic carbocycles. The average molecular weight is 228 g/mol. The molecule has 1 heterocycles. The van der Waals surface area contributed by atoms with Crippen molar-refractivity contribution in [2.45, 2.75) is 38.5 Å². The van der Waals surface area contributed by atoms with E-state index in [1.807, 2.05) is 0 Å². The quantitative estimate of drug-likeness (QED) is 0.401. The van der Waals surface area contributed by atoms with E-state index in [0.29, 0.717) is 12.8 Å². The molecule has 0 spiro atoms. The van der Waals surface area contributed by atoms with Crippen LogP contribution >= 0.6 is 0 Å². The number of ether oxygens (including phenoxy) is 1. The van der Waals surface area contributed by atoms with Crippen LogP contribution in [0, 0.1) is 5.92 Å². The van der Waals surface area contributed by atoms with Gasteiger partial charge in [0.05, 0.1) is 0 Å². The highest BCUT2D eigenvalue weighted by Gasteiger charge is 2.34. The highest BCUT2D eigenvalue weighted by Crippen LogP contribution is 2.18. The Kier molecular flexibility index (Phi) is 4.95. The molecule has 0 aliphatic carbocycles. The van der Waals surface area contributed by atoms with Crippen molar-refractivity contribution in [1.29, 1.82) is 0 Å². The lowest BCUT2D eigenvalue weighted by Crippen LogP contribution is -2.15. The molecule has 0 bridgehead atoms. The van der Waals surface area contributed by atoms with Crippen molar-refractivity contribution in [2.24, 2.45) is 5.92 Å². The Labute approximate surface area is 93.8 Å². The van der Waals surface area contributed by atoms with Crippen LogP contribution in [0.1, 0.15) is 38.5 Å². The third-order valence-electron chi connectivity index (χ3n) is 2.66. The van der Waals surface area contributed by atoms with Gasteiger partial charge >= 0.3 is 11.9 Å². The number of hydrogen-bond acceptors (Lipinski definition) is 4. The summed E-state index contributed by atoms with van der Waals surface area (Å²) in [6, 6.07) is 0. The van der Waals surface area contributed by atoms with Crippen LogP contribution in [-0.2, 0) is 19.1 Å². The van der Waals surface area contributed by atoms with Gasteiger partial charge in [-0.3, -0.25) is 14.4 Å². The van der Waals surface area contributed by atoms with E-state index < -0.39 is 17.9 Å². The topological polar surface area (TPSA) is 80.7 Å². The molecule has 1 unspecified atom stereocenters. The van der Waals surface area contributed by atoms with Gasteiger partial charge in [-0.15, -0.1) is 0 Å². The standard InChI is InChI=1S/C11H16O5/c12-9-7-16-11(15)8(9)5-3-1-2-4-6-10(13)14/h8H,1-7H2,(H,13,14). The summed E-state index contributed by atoms with van der Waals surface area (Å²) in [5.41, 5.74) is 0. The predicted molar refractivity (Wildman–Crippen MR) is 54.8 cm³/mol. The van der Waals surface area contributed by atoms with Crippen LogP contribution < -0.4 is 0 Å². The lowest BCUT2D eigenvalue weighted by atomic mass is 9.98. The number of rotatable bonds is 7. The molecule has 0 radical (unpaired) electrons. The second kappa shape index (κ2) is 6.25. The van der Waals surface area contributed by atoms with Gasteiger partial charge in [-0.25, -0.2) is 0 Å². The van der Waals surface area contributed by atoms with E-state index >= 15 is 0 Å². The van der Waals surface area contributed by atoms with E-state index in [1.54, 1.807) is 0 Å². The van der Waals surface area contributed by atoms with Gasteiger partial charge in [-0.1, -0.05) is 19.3 Å². The molecule has 0 aromatic heterocycles. The van der Waals surface area contributed by atoms with Crippen molar-refractivity contribution < 1.29 is 24.2 Å². The molecule has 0 amide bonds. The van der Waals surface area contributed by atoms with Crippen molar-refractivity contribution in [3.05, 3.63) is 0 Å². The summed E-state index contributed by atoms with van der Waals surface area (Å²) >= 11 is 0. The summed E-state index contributed by atoms with van der Waals surface area (Å²) in [5, 5.41) is 8.41. The number of aliphatic carboxylic acids is 1. The molecule has 1 N–H and O–H groups in total. The molecule has 1 atom stereocenters. The summed E-state index contributed by atoms with van der Waals surface area (Å²) in [7, 11) is 0. The first kappa shape index (κ1) is 12.7.